The summed E-state index contributed by atoms with van der Waals surface area (Å²) in [6.07, 6.45) is 2.24. The lowest BCUT2D eigenvalue weighted by Gasteiger charge is -2.25. The van der Waals surface area contributed by atoms with Gasteiger partial charge in [-0.05, 0) is 60.7 Å². The number of aryl methyl sites for hydroxylation is 2. The Labute approximate surface area is 145 Å². The van der Waals surface area contributed by atoms with Crippen molar-refractivity contribution in [1.82, 2.24) is 0 Å². The number of rotatable bonds is 2. The number of carbonyl (C=O) groups excluding carboxylic acids is 2. The molecule has 4 rings (SSSR count). The first kappa shape index (κ1) is 15.2. The van der Waals surface area contributed by atoms with Crippen LogP contribution >= 0.6 is 11.6 Å². The molecule has 0 fully saturated rings. The topological polar surface area (TPSA) is 49.4 Å². The lowest BCUT2D eigenvalue weighted by Crippen LogP contribution is -2.31. The van der Waals surface area contributed by atoms with Gasteiger partial charge in [0.05, 0.1) is 12.1 Å². The fourth-order valence-electron chi connectivity index (χ4n) is 3.53. The van der Waals surface area contributed by atoms with Crippen molar-refractivity contribution in [3.63, 3.8) is 0 Å². The van der Waals surface area contributed by atoms with Crippen LogP contribution in [0.5, 0.6) is 0 Å². The van der Waals surface area contributed by atoms with E-state index in [0.717, 1.165) is 41.8 Å². The van der Waals surface area contributed by atoms with Crippen molar-refractivity contribution in [1.29, 1.82) is 0 Å². The number of carbonyl (C=O) groups is 2. The van der Waals surface area contributed by atoms with Gasteiger partial charge in [0.15, 0.2) is 0 Å². The van der Waals surface area contributed by atoms with Crippen LogP contribution in [-0.4, -0.2) is 18.4 Å². The van der Waals surface area contributed by atoms with Crippen LogP contribution in [0.4, 0.5) is 11.4 Å². The predicted molar refractivity (Wildman–Crippen MR) is 95.0 cm³/mol. The van der Waals surface area contributed by atoms with E-state index in [1.165, 1.54) is 0 Å². The number of nitrogens with one attached hydrogen (secondary N) is 1. The van der Waals surface area contributed by atoms with Gasteiger partial charge in [0.1, 0.15) is 0 Å². The van der Waals surface area contributed by atoms with Crippen LogP contribution < -0.4 is 10.2 Å². The van der Waals surface area contributed by atoms with Crippen molar-refractivity contribution in [2.45, 2.75) is 26.2 Å². The normalized spacial score (nSPS) is 15.4. The molecule has 24 heavy (non-hydrogen) atoms. The van der Waals surface area contributed by atoms with E-state index < -0.39 is 0 Å². The molecule has 5 heteroatoms. The van der Waals surface area contributed by atoms with Gasteiger partial charge in [-0.25, -0.2) is 0 Å². The van der Waals surface area contributed by atoms with E-state index in [4.69, 9.17) is 11.6 Å². The van der Waals surface area contributed by atoms with Gasteiger partial charge in [0, 0.05) is 22.8 Å². The third-order valence-electron chi connectivity index (χ3n) is 4.72. The first-order valence-electron chi connectivity index (χ1n) is 8.06. The molecule has 0 radical (unpaired) electrons. The fourth-order valence-corrected chi connectivity index (χ4v) is 3.71. The summed E-state index contributed by atoms with van der Waals surface area (Å²) in [6, 6.07) is 9.18. The Morgan fingerprint density at radius 3 is 2.83 bits per heavy atom. The Hall–Kier alpha value is -2.33. The van der Waals surface area contributed by atoms with Crippen LogP contribution in [0.25, 0.3) is 0 Å². The van der Waals surface area contributed by atoms with Gasteiger partial charge in [-0.2, -0.15) is 0 Å². The Bertz CT molecular complexity index is 876. The molecular formula is C19H17ClN2O2. The first-order valence-corrected chi connectivity index (χ1v) is 8.44. The summed E-state index contributed by atoms with van der Waals surface area (Å²) < 4.78 is 0. The lowest BCUT2D eigenvalue weighted by atomic mass is 9.96. The predicted octanol–water partition coefficient (Wildman–Crippen LogP) is 3.74. The maximum Gasteiger partial charge on any atom is 0.255 e. The maximum absolute atomic E-state index is 12.7. The fraction of sp³-hybridized carbons (Fsp3) is 0.263. The minimum atomic E-state index is -0.170. The molecular weight excluding hydrogens is 324 g/mol. The molecule has 2 amide bonds. The number of halogens is 1. The molecule has 2 aromatic rings. The summed E-state index contributed by atoms with van der Waals surface area (Å²) >= 11 is 6.02. The average Bonchev–Trinajstić information content (AvgIpc) is 2.88. The molecule has 0 saturated heterocycles. The van der Waals surface area contributed by atoms with Crippen LogP contribution in [0.3, 0.4) is 0 Å². The standard InChI is InChI=1S/C19H17ClN2O2/c1-11-4-5-15(20)10-16(11)21-19(24)14-7-12-3-2-6-22-17(23)9-13(8-14)18(12)22/h4-5,7-8,10H,2-3,6,9H2,1H3,(H,21,24). The number of anilines is 2. The van der Waals surface area contributed by atoms with Crippen molar-refractivity contribution in [2.24, 2.45) is 0 Å². The summed E-state index contributed by atoms with van der Waals surface area (Å²) in [5, 5.41) is 3.51. The monoisotopic (exact) mass is 340 g/mol. The van der Waals surface area contributed by atoms with Crippen molar-refractivity contribution >= 4 is 34.8 Å². The largest absolute Gasteiger partial charge is 0.322 e. The molecule has 2 aliphatic heterocycles. The Morgan fingerprint density at radius 1 is 1.21 bits per heavy atom. The molecule has 0 atom stereocenters. The lowest BCUT2D eigenvalue weighted by molar-refractivity contribution is -0.117. The summed E-state index contributed by atoms with van der Waals surface area (Å²) in [5.74, 6) is -0.0370. The van der Waals surface area contributed by atoms with Crippen LogP contribution in [0.15, 0.2) is 30.3 Å². The Kier molecular flexibility index (Phi) is 3.57. The molecule has 0 bridgehead atoms. The SMILES string of the molecule is Cc1ccc(Cl)cc1NC(=O)c1cc2c3c(c1)CC(=O)N3CCC2. The summed E-state index contributed by atoms with van der Waals surface area (Å²) in [7, 11) is 0. The summed E-state index contributed by atoms with van der Waals surface area (Å²) in [5.41, 5.74) is 5.35. The molecule has 4 nitrogen and oxygen atoms in total. The molecule has 122 valence electrons. The Balaban J connectivity index is 1.68. The van der Waals surface area contributed by atoms with E-state index in [1.54, 1.807) is 12.1 Å². The number of hydrogen-bond donors (Lipinski definition) is 1. The highest BCUT2D eigenvalue weighted by Crippen LogP contribution is 2.37. The van der Waals surface area contributed by atoms with E-state index in [1.807, 2.05) is 30.0 Å². The number of benzene rings is 2. The minimum absolute atomic E-state index is 0.134. The second-order valence-corrected chi connectivity index (χ2v) is 6.82. The third kappa shape index (κ3) is 2.47. The van der Waals surface area contributed by atoms with Crippen molar-refractivity contribution in [3.8, 4) is 0 Å². The minimum Gasteiger partial charge on any atom is -0.322 e. The second kappa shape index (κ2) is 5.64. The molecule has 2 aromatic carbocycles. The quantitative estimate of drug-likeness (QED) is 0.905. The number of hydrogen-bond acceptors (Lipinski definition) is 2. The van der Waals surface area contributed by atoms with E-state index in [2.05, 4.69) is 5.32 Å². The highest BCUT2D eigenvalue weighted by molar-refractivity contribution is 6.31. The zero-order valence-corrected chi connectivity index (χ0v) is 14.1. The molecule has 0 spiro atoms. The van der Waals surface area contributed by atoms with Gasteiger partial charge < -0.3 is 10.2 Å². The smallest absolute Gasteiger partial charge is 0.255 e. The van der Waals surface area contributed by atoms with Crippen molar-refractivity contribution in [2.75, 3.05) is 16.8 Å². The van der Waals surface area contributed by atoms with Crippen molar-refractivity contribution < 1.29 is 9.59 Å². The summed E-state index contributed by atoms with van der Waals surface area (Å²) in [6.45, 7) is 2.71. The molecule has 1 N–H and O–H groups in total. The first-order chi connectivity index (χ1) is 11.5. The van der Waals surface area contributed by atoms with Crippen LogP contribution in [-0.2, 0) is 17.6 Å². The molecule has 0 saturated carbocycles. The molecule has 0 aromatic heterocycles. The van der Waals surface area contributed by atoms with Gasteiger partial charge in [-0.15, -0.1) is 0 Å². The van der Waals surface area contributed by atoms with Crippen LogP contribution in [0.2, 0.25) is 5.02 Å². The van der Waals surface area contributed by atoms with Crippen molar-refractivity contribution in [3.05, 3.63) is 57.6 Å². The highest BCUT2D eigenvalue weighted by Gasteiger charge is 2.32. The summed E-state index contributed by atoms with van der Waals surface area (Å²) in [4.78, 5) is 26.6. The van der Waals surface area contributed by atoms with E-state index in [0.29, 0.717) is 22.7 Å². The third-order valence-corrected chi connectivity index (χ3v) is 4.95. The van der Waals surface area contributed by atoms with Gasteiger partial charge in [0.2, 0.25) is 5.91 Å². The molecule has 2 aliphatic rings. The van der Waals surface area contributed by atoms with E-state index in [9.17, 15) is 9.59 Å². The highest BCUT2D eigenvalue weighted by atomic mass is 35.5. The average molecular weight is 341 g/mol. The van der Waals surface area contributed by atoms with Gasteiger partial charge in [-0.3, -0.25) is 9.59 Å². The van der Waals surface area contributed by atoms with E-state index in [-0.39, 0.29) is 11.8 Å². The zero-order chi connectivity index (χ0) is 16.8. The number of nitrogens with zero attached hydrogens (tertiary/aromatic N) is 1. The molecule has 0 unspecified atom stereocenters. The van der Waals surface area contributed by atoms with Gasteiger partial charge in [0.25, 0.3) is 5.91 Å². The van der Waals surface area contributed by atoms with E-state index >= 15 is 0 Å². The molecule has 0 aliphatic carbocycles. The Morgan fingerprint density at radius 2 is 2.00 bits per heavy atom. The second-order valence-electron chi connectivity index (χ2n) is 6.38. The number of amides is 2. The zero-order valence-electron chi connectivity index (χ0n) is 13.4. The van der Waals surface area contributed by atoms with Crippen LogP contribution in [0, 0.1) is 6.92 Å². The maximum atomic E-state index is 12.7. The van der Waals surface area contributed by atoms with Gasteiger partial charge >= 0.3 is 0 Å². The van der Waals surface area contributed by atoms with Gasteiger partial charge in [-0.1, -0.05) is 17.7 Å². The van der Waals surface area contributed by atoms with Crippen LogP contribution in [0.1, 0.15) is 33.5 Å². The molecule has 2 heterocycles.